The number of piperazine rings is 1. The predicted octanol–water partition coefficient (Wildman–Crippen LogP) is 1.41. The molecular formula is C18H28IN5O2. The number of guanidine groups is 1. The number of amides is 1. The Morgan fingerprint density at radius 2 is 2.04 bits per heavy atom. The predicted molar refractivity (Wildman–Crippen MR) is 112 cm³/mol. The minimum Gasteiger partial charge on any atom is -0.368 e. The number of carbonyl (C=O) groups is 1. The Morgan fingerprint density at radius 1 is 1.31 bits per heavy atom. The second-order valence-electron chi connectivity index (χ2n) is 6.52. The Kier molecular flexibility index (Phi) is 8.08. The van der Waals surface area contributed by atoms with Gasteiger partial charge in [-0.3, -0.25) is 14.8 Å². The largest absolute Gasteiger partial charge is 0.368 e. The van der Waals surface area contributed by atoms with Crippen LogP contribution in [0.25, 0.3) is 0 Å². The number of ether oxygens (including phenoxy) is 1. The number of halogens is 1. The van der Waals surface area contributed by atoms with Crippen LogP contribution >= 0.6 is 24.0 Å². The number of nitrogens with zero attached hydrogens (tertiary/aromatic N) is 4. The molecule has 8 heteroatoms. The summed E-state index contributed by atoms with van der Waals surface area (Å²) in [5, 5.41) is 3.38. The number of pyridine rings is 1. The van der Waals surface area contributed by atoms with Crippen molar-refractivity contribution in [2.45, 2.75) is 32.4 Å². The maximum atomic E-state index is 12.4. The van der Waals surface area contributed by atoms with E-state index < -0.39 is 0 Å². The van der Waals surface area contributed by atoms with E-state index in [1.165, 1.54) is 0 Å². The smallest absolute Gasteiger partial charge is 0.251 e. The molecule has 0 radical (unpaired) electrons. The average molecular weight is 473 g/mol. The van der Waals surface area contributed by atoms with E-state index in [4.69, 9.17) is 4.74 Å². The molecule has 0 bridgehead atoms. The first kappa shape index (κ1) is 20.9. The highest BCUT2D eigenvalue weighted by molar-refractivity contribution is 14.0. The van der Waals surface area contributed by atoms with E-state index in [1.54, 1.807) is 7.05 Å². The number of rotatable bonds is 3. The number of hydrogen-bond acceptors (Lipinski definition) is 4. The van der Waals surface area contributed by atoms with Crippen LogP contribution in [0.4, 0.5) is 0 Å². The average Bonchev–Trinajstić information content (AvgIpc) is 3.18. The monoisotopic (exact) mass is 473 g/mol. The van der Waals surface area contributed by atoms with Gasteiger partial charge >= 0.3 is 0 Å². The van der Waals surface area contributed by atoms with Crippen molar-refractivity contribution in [3.63, 3.8) is 0 Å². The summed E-state index contributed by atoms with van der Waals surface area (Å²) in [5.74, 6) is 1.01. The molecule has 3 heterocycles. The molecule has 0 saturated carbocycles. The van der Waals surface area contributed by atoms with Crippen molar-refractivity contribution < 1.29 is 9.53 Å². The molecule has 144 valence electrons. The van der Waals surface area contributed by atoms with Crippen molar-refractivity contribution in [2.75, 3.05) is 39.8 Å². The van der Waals surface area contributed by atoms with Crippen LogP contribution in [0.1, 0.15) is 24.1 Å². The Balaban J connectivity index is 0.00000243. The lowest BCUT2D eigenvalue weighted by Gasteiger charge is -2.37. The molecular weight excluding hydrogens is 445 g/mol. The van der Waals surface area contributed by atoms with Gasteiger partial charge in [-0.25, -0.2) is 0 Å². The van der Waals surface area contributed by atoms with Crippen molar-refractivity contribution in [1.82, 2.24) is 20.1 Å². The standard InChI is InChI=1S/C18H27N5O2.HI/c1-14-5-6-15(12-20-14)13-21-18(19-2)23-9-7-22(8-10-23)17(24)16-4-3-11-25-16;/h5-6,12,16H,3-4,7-11,13H2,1-2H3,(H,19,21);1H. The van der Waals surface area contributed by atoms with Crippen molar-refractivity contribution in [3.8, 4) is 0 Å². The summed E-state index contributed by atoms with van der Waals surface area (Å²) in [6.07, 6.45) is 3.50. The number of carbonyl (C=O) groups excluding carboxylic acids is 1. The van der Waals surface area contributed by atoms with Gasteiger partial charge in [0.25, 0.3) is 5.91 Å². The van der Waals surface area contributed by atoms with Crippen LogP contribution in [-0.4, -0.2) is 72.6 Å². The third-order valence-electron chi connectivity index (χ3n) is 4.73. The van der Waals surface area contributed by atoms with E-state index >= 15 is 0 Å². The Morgan fingerprint density at radius 3 is 2.62 bits per heavy atom. The topological polar surface area (TPSA) is 70.1 Å². The fourth-order valence-corrected chi connectivity index (χ4v) is 3.23. The van der Waals surface area contributed by atoms with E-state index in [2.05, 4.69) is 26.3 Å². The third-order valence-corrected chi connectivity index (χ3v) is 4.73. The summed E-state index contributed by atoms with van der Waals surface area (Å²) in [5.41, 5.74) is 2.14. The summed E-state index contributed by atoms with van der Waals surface area (Å²) >= 11 is 0. The van der Waals surface area contributed by atoms with E-state index in [0.717, 1.165) is 43.1 Å². The van der Waals surface area contributed by atoms with Crippen LogP contribution in [0.2, 0.25) is 0 Å². The van der Waals surface area contributed by atoms with Gasteiger partial charge < -0.3 is 19.9 Å². The molecule has 2 saturated heterocycles. The van der Waals surface area contributed by atoms with Crippen LogP contribution in [0.5, 0.6) is 0 Å². The summed E-state index contributed by atoms with van der Waals surface area (Å²) in [7, 11) is 1.79. The normalized spacial score (nSPS) is 20.7. The zero-order chi connectivity index (χ0) is 17.6. The van der Waals surface area contributed by atoms with Gasteiger partial charge in [0.15, 0.2) is 5.96 Å². The second kappa shape index (κ2) is 10.1. The highest BCUT2D eigenvalue weighted by atomic mass is 127. The van der Waals surface area contributed by atoms with Gasteiger partial charge in [-0.1, -0.05) is 6.07 Å². The molecule has 2 aliphatic rings. The molecule has 1 atom stereocenters. The van der Waals surface area contributed by atoms with Gasteiger partial charge in [0.1, 0.15) is 6.10 Å². The Hall–Kier alpha value is -1.42. The summed E-state index contributed by atoms with van der Waals surface area (Å²) < 4.78 is 5.51. The summed E-state index contributed by atoms with van der Waals surface area (Å²) in [6, 6.07) is 4.08. The van der Waals surface area contributed by atoms with Crippen molar-refractivity contribution in [2.24, 2.45) is 4.99 Å². The first-order valence-corrected chi connectivity index (χ1v) is 8.95. The van der Waals surface area contributed by atoms with Gasteiger partial charge in [0.05, 0.1) is 0 Å². The lowest BCUT2D eigenvalue weighted by Crippen LogP contribution is -2.55. The van der Waals surface area contributed by atoms with Crippen LogP contribution < -0.4 is 5.32 Å². The van der Waals surface area contributed by atoms with Crippen LogP contribution in [-0.2, 0) is 16.1 Å². The maximum Gasteiger partial charge on any atom is 0.251 e. The third kappa shape index (κ3) is 5.29. The van der Waals surface area contributed by atoms with Crippen molar-refractivity contribution >= 4 is 35.8 Å². The van der Waals surface area contributed by atoms with E-state index in [1.807, 2.05) is 24.1 Å². The number of aryl methyl sites for hydroxylation is 1. The molecule has 2 aliphatic heterocycles. The van der Waals surface area contributed by atoms with Gasteiger partial charge in [-0.15, -0.1) is 24.0 Å². The number of aliphatic imine (C=N–C) groups is 1. The van der Waals surface area contributed by atoms with E-state index in [0.29, 0.717) is 26.2 Å². The second-order valence-corrected chi connectivity index (χ2v) is 6.52. The van der Waals surface area contributed by atoms with Crippen molar-refractivity contribution in [3.05, 3.63) is 29.6 Å². The van der Waals surface area contributed by atoms with Crippen LogP contribution in [0.3, 0.4) is 0 Å². The molecule has 1 aromatic heterocycles. The first-order chi connectivity index (χ1) is 12.2. The molecule has 1 amide bonds. The molecule has 0 aromatic carbocycles. The fraction of sp³-hybridized carbons (Fsp3) is 0.611. The Labute approximate surface area is 172 Å². The first-order valence-electron chi connectivity index (χ1n) is 8.95. The summed E-state index contributed by atoms with van der Waals surface area (Å²) in [4.78, 5) is 25.2. The zero-order valence-corrected chi connectivity index (χ0v) is 17.8. The molecule has 7 nitrogen and oxygen atoms in total. The zero-order valence-electron chi connectivity index (χ0n) is 15.5. The highest BCUT2D eigenvalue weighted by Crippen LogP contribution is 2.16. The van der Waals surface area contributed by atoms with Gasteiger partial charge in [-0.2, -0.15) is 0 Å². The lowest BCUT2D eigenvalue weighted by molar-refractivity contribution is -0.142. The maximum absolute atomic E-state index is 12.4. The Bertz CT molecular complexity index is 609. The molecule has 26 heavy (non-hydrogen) atoms. The lowest BCUT2D eigenvalue weighted by atomic mass is 10.2. The SMILES string of the molecule is CN=C(NCc1ccc(C)nc1)N1CCN(C(=O)C2CCCO2)CC1.I. The van der Waals surface area contributed by atoms with Crippen LogP contribution in [0.15, 0.2) is 23.3 Å². The molecule has 0 spiro atoms. The molecule has 2 fully saturated rings. The molecule has 1 unspecified atom stereocenters. The number of hydrogen-bond donors (Lipinski definition) is 1. The minimum absolute atomic E-state index is 0. The van der Waals surface area contributed by atoms with E-state index in [9.17, 15) is 4.79 Å². The molecule has 3 rings (SSSR count). The van der Waals surface area contributed by atoms with Crippen molar-refractivity contribution in [1.29, 1.82) is 0 Å². The molecule has 0 aliphatic carbocycles. The highest BCUT2D eigenvalue weighted by Gasteiger charge is 2.30. The molecule has 1 aromatic rings. The van der Waals surface area contributed by atoms with Gasteiger partial charge in [0.2, 0.25) is 0 Å². The minimum atomic E-state index is -0.224. The fourth-order valence-electron chi connectivity index (χ4n) is 3.23. The van der Waals surface area contributed by atoms with Gasteiger partial charge in [-0.05, 0) is 31.4 Å². The van der Waals surface area contributed by atoms with Crippen LogP contribution in [0, 0.1) is 6.92 Å². The van der Waals surface area contributed by atoms with E-state index in [-0.39, 0.29) is 36.0 Å². The van der Waals surface area contributed by atoms with Gasteiger partial charge in [0, 0.05) is 58.3 Å². The summed E-state index contributed by atoms with van der Waals surface area (Å²) in [6.45, 7) is 6.37. The molecule has 1 N–H and O–H groups in total. The number of aromatic nitrogens is 1. The quantitative estimate of drug-likeness (QED) is 0.409. The number of nitrogens with one attached hydrogen (secondary N) is 1.